The van der Waals surface area contributed by atoms with E-state index >= 15 is 0 Å². The Labute approximate surface area is 209 Å². The van der Waals surface area contributed by atoms with Crippen molar-refractivity contribution in [1.82, 2.24) is 0 Å². The number of nitrogens with two attached hydrogens (primary N) is 1. The van der Waals surface area contributed by atoms with Gasteiger partial charge in [0.05, 0.1) is 12.7 Å². The van der Waals surface area contributed by atoms with Crippen LogP contribution in [0.3, 0.4) is 0 Å². The summed E-state index contributed by atoms with van der Waals surface area (Å²) in [5, 5.41) is 0. The molecule has 5 aliphatic rings. The van der Waals surface area contributed by atoms with E-state index in [2.05, 4.69) is 60.7 Å². The molecule has 2 aromatic rings. The van der Waals surface area contributed by atoms with E-state index in [-0.39, 0.29) is 16.9 Å². The summed E-state index contributed by atoms with van der Waals surface area (Å²) in [6.07, 6.45) is 9.39. The van der Waals surface area contributed by atoms with Crippen LogP contribution in [0.25, 0.3) is 0 Å². The molecule has 4 bridgehead atoms. The van der Waals surface area contributed by atoms with Gasteiger partial charge in [-0.2, -0.15) is 0 Å². The normalized spacial score (nSPS) is 36.1. The lowest BCUT2D eigenvalue weighted by molar-refractivity contribution is -0.0380. The summed E-state index contributed by atoms with van der Waals surface area (Å²) in [4.78, 5) is 6.18. The van der Waals surface area contributed by atoms with Gasteiger partial charge in [0.1, 0.15) is 4.99 Å². The van der Waals surface area contributed by atoms with Gasteiger partial charge >= 0.3 is 0 Å². The quantitative estimate of drug-likeness (QED) is 0.506. The molecule has 2 aromatic carbocycles. The smallest absolute Gasteiger partial charge is 0.109 e. The minimum absolute atomic E-state index is 0.00711. The lowest BCUT2D eigenvalue weighted by atomic mass is 9.63. The van der Waals surface area contributed by atoms with Crippen molar-refractivity contribution in [2.24, 2.45) is 33.9 Å². The predicted molar refractivity (Wildman–Crippen MR) is 142 cm³/mol. The van der Waals surface area contributed by atoms with Crippen LogP contribution in [0.15, 0.2) is 65.7 Å². The molecule has 0 radical (unpaired) electrons. The number of hydrogen-bond donors (Lipinski definition) is 1. The minimum atomic E-state index is 0.00711. The van der Waals surface area contributed by atoms with Gasteiger partial charge in [-0.3, -0.25) is 4.99 Å². The van der Waals surface area contributed by atoms with Crippen LogP contribution in [0.5, 0.6) is 0 Å². The molecule has 5 atom stereocenters. The van der Waals surface area contributed by atoms with E-state index in [4.69, 9.17) is 27.7 Å². The first-order valence-electron chi connectivity index (χ1n) is 13.1. The number of nitrogens with zero attached hydrogens (tertiary/aromatic N) is 1. The second-order valence-electron chi connectivity index (χ2n) is 11.4. The second-order valence-corrected chi connectivity index (χ2v) is 11.8. The highest BCUT2D eigenvalue weighted by Crippen LogP contribution is 2.72. The molecule has 2 N–H and O–H groups in total. The highest BCUT2D eigenvalue weighted by atomic mass is 32.1. The van der Waals surface area contributed by atoms with Crippen LogP contribution in [0, 0.1) is 23.2 Å². The first kappa shape index (κ1) is 22.6. The molecule has 5 fully saturated rings. The summed E-state index contributed by atoms with van der Waals surface area (Å²) in [5.41, 5.74) is 10.2. The van der Waals surface area contributed by atoms with E-state index in [0.29, 0.717) is 24.4 Å². The molecule has 0 saturated heterocycles. The maximum Gasteiger partial charge on any atom is 0.109 e. The van der Waals surface area contributed by atoms with Crippen molar-refractivity contribution < 1.29 is 4.74 Å². The van der Waals surface area contributed by atoms with Crippen LogP contribution in [0.1, 0.15) is 62.5 Å². The van der Waals surface area contributed by atoms with E-state index in [1.807, 2.05) is 0 Å². The van der Waals surface area contributed by atoms with Crippen LogP contribution < -0.4 is 5.73 Å². The molecule has 5 aliphatic carbocycles. The largest absolute Gasteiger partial charge is 0.373 e. The Bertz CT molecular complexity index is 1060. The molecule has 7 rings (SSSR count). The topological polar surface area (TPSA) is 47.6 Å². The van der Waals surface area contributed by atoms with Crippen LogP contribution in [0.2, 0.25) is 0 Å². The van der Waals surface area contributed by atoms with E-state index in [1.54, 1.807) is 0 Å². The summed E-state index contributed by atoms with van der Waals surface area (Å²) in [6, 6.07) is 21.8. The molecule has 0 aromatic heterocycles. The van der Waals surface area contributed by atoms with Gasteiger partial charge in [-0.25, -0.2) is 0 Å². The van der Waals surface area contributed by atoms with Crippen molar-refractivity contribution in [3.05, 3.63) is 71.8 Å². The van der Waals surface area contributed by atoms with Crippen LogP contribution in [0.4, 0.5) is 0 Å². The summed E-state index contributed by atoms with van der Waals surface area (Å²) >= 11 is 6.22. The molecule has 5 saturated carbocycles. The van der Waals surface area contributed by atoms with Gasteiger partial charge in [-0.1, -0.05) is 72.9 Å². The Morgan fingerprint density at radius 1 is 0.971 bits per heavy atom. The van der Waals surface area contributed by atoms with E-state index in [9.17, 15) is 0 Å². The molecular weight excluding hydrogens is 436 g/mol. The number of thiocarbonyl (C=S) groups is 1. The van der Waals surface area contributed by atoms with Gasteiger partial charge in [-0.15, -0.1) is 0 Å². The van der Waals surface area contributed by atoms with E-state index in [0.717, 1.165) is 50.1 Å². The van der Waals surface area contributed by atoms with Gasteiger partial charge in [-0.05, 0) is 92.2 Å². The van der Waals surface area contributed by atoms with Crippen LogP contribution in [-0.2, 0) is 16.8 Å². The van der Waals surface area contributed by atoms with Crippen LogP contribution in [-0.4, -0.2) is 23.3 Å². The number of benzene rings is 2. The SMILES string of the molecule is NCC1CCC(=NC(=S)C23CC4CC(c5ccccc5)(CC2C4OCc2ccccc2)C3)CC1. The molecule has 4 heteroatoms. The fourth-order valence-electron chi connectivity index (χ4n) is 7.92. The zero-order valence-corrected chi connectivity index (χ0v) is 20.8. The zero-order valence-electron chi connectivity index (χ0n) is 20.0. The Balaban J connectivity index is 1.28. The summed E-state index contributed by atoms with van der Waals surface area (Å²) in [6.45, 7) is 1.49. The van der Waals surface area contributed by atoms with Gasteiger partial charge in [0, 0.05) is 11.1 Å². The molecule has 5 unspecified atom stereocenters. The van der Waals surface area contributed by atoms with Crippen molar-refractivity contribution in [3.8, 4) is 0 Å². The third-order valence-electron chi connectivity index (χ3n) is 9.49. The van der Waals surface area contributed by atoms with Crippen molar-refractivity contribution in [2.45, 2.75) is 69.5 Å². The van der Waals surface area contributed by atoms with Crippen molar-refractivity contribution in [3.63, 3.8) is 0 Å². The maximum absolute atomic E-state index is 6.71. The average Bonchev–Trinajstić information content (AvgIpc) is 3.26. The third kappa shape index (κ3) is 3.79. The first-order chi connectivity index (χ1) is 16.6. The lowest BCUT2D eigenvalue weighted by Gasteiger charge is -2.43. The van der Waals surface area contributed by atoms with Crippen LogP contribution >= 0.6 is 12.2 Å². The Morgan fingerprint density at radius 3 is 2.38 bits per heavy atom. The lowest BCUT2D eigenvalue weighted by Crippen LogP contribution is -2.39. The molecule has 34 heavy (non-hydrogen) atoms. The van der Waals surface area contributed by atoms with Crippen molar-refractivity contribution >= 4 is 22.9 Å². The first-order valence-corrected chi connectivity index (χ1v) is 13.5. The third-order valence-corrected chi connectivity index (χ3v) is 9.99. The number of rotatable bonds is 6. The van der Waals surface area contributed by atoms with E-state index in [1.165, 1.54) is 29.7 Å². The molecule has 3 nitrogen and oxygen atoms in total. The molecule has 178 valence electrons. The van der Waals surface area contributed by atoms with Gasteiger partial charge in [0.25, 0.3) is 0 Å². The molecule has 0 amide bonds. The zero-order chi connectivity index (χ0) is 23.2. The van der Waals surface area contributed by atoms with Crippen molar-refractivity contribution in [1.29, 1.82) is 0 Å². The Hall–Kier alpha value is -1.88. The number of aliphatic imine (C=N–C) groups is 1. The standard InChI is InChI=1S/C30H36N2OS/c31-18-21-11-13-25(14-12-21)32-28(34)30-16-23-15-29(20-30,24-9-5-2-6-10-24)17-26(30)27(23)33-19-22-7-3-1-4-8-22/h1-10,21,23,26-27H,11-20,31H2. The fourth-order valence-corrected chi connectivity index (χ4v) is 8.35. The molecule has 0 aliphatic heterocycles. The van der Waals surface area contributed by atoms with E-state index < -0.39 is 0 Å². The second kappa shape index (κ2) is 8.96. The summed E-state index contributed by atoms with van der Waals surface area (Å²) in [5.74, 6) is 1.68. The van der Waals surface area contributed by atoms with Gasteiger partial charge in [0.15, 0.2) is 0 Å². The summed E-state index contributed by atoms with van der Waals surface area (Å²) < 4.78 is 6.71. The maximum atomic E-state index is 6.71. The van der Waals surface area contributed by atoms with Crippen molar-refractivity contribution in [2.75, 3.05) is 6.54 Å². The Kier molecular flexibility index (Phi) is 5.95. The number of hydrogen-bond acceptors (Lipinski definition) is 3. The van der Waals surface area contributed by atoms with Gasteiger partial charge in [0.2, 0.25) is 0 Å². The van der Waals surface area contributed by atoms with Gasteiger partial charge < -0.3 is 10.5 Å². The highest BCUT2D eigenvalue weighted by molar-refractivity contribution is 7.80. The minimum Gasteiger partial charge on any atom is -0.373 e. The molecule has 0 heterocycles. The summed E-state index contributed by atoms with van der Waals surface area (Å²) in [7, 11) is 0. The highest BCUT2D eigenvalue weighted by Gasteiger charge is 2.70. The molecule has 0 spiro atoms. The average molecular weight is 473 g/mol. The fraction of sp³-hybridized carbons (Fsp3) is 0.533. The predicted octanol–water partition coefficient (Wildman–Crippen LogP) is 6.25. The molecular formula is C30H36N2OS. The number of ether oxygens (including phenoxy) is 1. The Morgan fingerprint density at radius 2 is 1.68 bits per heavy atom. The monoisotopic (exact) mass is 472 g/mol.